The van der Waals surface area contributed by atoms with E-state index in [1.807, 2.05) is 23.1 Å². The molecule has 5 nitrogen and oxygen atoms in total. The number of rotatable bonds is 7. The van der Waals surface area contributed by atoms with Gasteiger partial charge in [0.2, 0.25) is 0 Å². The first-order valence-corrected chi connectivity index (χ1v) is 9.55. The first kappa shape index (κ1) is 17.9. The van der Waals surface area contributed by atoms with Crippen molar-refractivity contribution < 1.29 is 0 Å². The Hall–Kier alpha value is -1.88. The Labute approximate surface area is 151 Å². The Bertz CT molecular complexity index is 658. The maximum Gasteiger partial charge on any atom is 0.132 e. The van der Waals surface area contributed by atoms with Crippen molar-refractivity contribution in [2.24, 2.45) is 0 Å². The summed E-state index contributed by atoms with van der Waals surface area (Å²) in [5, 5.41) is 7.95. The third-order valence-corrected chi connectivity index (χ3v) is 5.15. The molecule has 3 rings (SSSR count). The van der Waals surface area contributed by atoms with Crippen LogP contribution in [-0.4, -0.2) is 27.9 Å². The maximum absolute atomic E-state index is 4.68. The standard InChI is InChI=1S/C20H31N5/c1-16(2)25-15-17(13-23-25)12-21-14-18-8-7-11-22-20(18)24(3)19-9-5-4-6-10-19/h7-8,11,13,15-16,19,21H,4-6,9-10,12,14H2,1-3H3. The van der Waals surface area contributed by atoms with Crippen LogP contribution in [0.4, 0.5) is 5.82 Å². The van der Waals surface area contributed by atoms with E-state index in [9.17, 15) is 0 Å². The van der Waals surface area contributed by atoms with E-state index in [-0.39, 0.29) is 0 Å². The van der Waals surface area contributed by atoms with Gasteiger partial charge in [0.05, 0.1) is 6.20 Å². The molecule has 0 unspecified atom stereocenters. The normalized spacial score (nSPS) is 15.7. The Morgan fingerprint density at radius 2 is 2.04 bits per heavy atom. The summed E-state index contributed by atoms with van der Waals surface area (Å²) in [5.41, 5.74) is 2.49. The highest BCUT2D eigenvalue weighted by atomic mass is 15.3. The van der Waals surface area contributed by atoms with Crippen LogP contribution in [0.3, 0.4) is 0 Å². The Morgan fingerprint density at radius 1 is 1.24 bits per heavy atom. The van der Waals surface area contributed by atoms with Gasteiger partial charge in [0.1, 0.15) is 5.82 Å². The summed E-state index contributed by atoms with van der Waals surface area (Å²) in [6, 6.07) is 5.26. The van der Waals surface area contributed by atoms with Crippen molar-refractivity contribution in [3.05, 3.63) is 41.9 Å². The lowest BCUT2D eigenvalue weighted by Crippen LogP contribution is -2.35. The molecule has 0 amide bonds. The highest BCUT2D eigenvalue weighted by Gasteiger charge is 2.20. The van der Waals surface area contributed by atoms with E-state index in [0.29, 0.717) is 12.1 Å². The highest BCUT2D eigenvalue weighted by Crippen LogP contribution is 2.26. The predicted octanol–water partition coefficient (Wildman–Crippen LogP) is 3.92. The molecular weight excluding hydrogens is 310 g/mol. The van der Waals surface area contributed by atoms with Gasteiger partial charge in [-0.1, -0.05) is 25.3 Å². The summed E-state index contributed by atoms with van der Waals surface area (Å²) in [5.74, 6) is 1.12. The molecule has 1 N–H and O–H groups in total. The van der Waals surface area contributed by atoms with E-state index in [1.165, 1.54) is 43.2 Å². The number of aromatic nitrogens is 3. The number of nitrogens with one attached hydrogen (secondary N) is 1. The van der Waals surface area contributed by atoms with Crippen molar-refractivity contribution in [3.63, 3.8) is 0 Å². The molecule has 1 saturated carbocycles. The van der Waals surface area contributed by atoms with Crippen LogP contribution < -0.4 is 10.2 Å². The fraction of sp³-hybridized carbons (Fsp3) is 0.600. The number of nitrogens with zero attached hydrogens (tertiary/aromatic N) is 4. The Kier molecular flexibility index (Phi) is 6.08. The summed E-state index contributed by atoms with van der Waals surface area (Å²) >= 11 is 0. The number of hydrogen-bond donors (Lipinski definition) is 1. The lowest BCUT2D eigenvalue weighted by atomic mass is 9.94. The van der Waals surface area contributed by atoms with Gasteiger partial charge < -0.3 is 10.2 Å². The van der Waals surface area contributed by atoms with Gasteiger partial charge in [0, 0.05) is 55.7 Å². The van der Waals surface area contributed by atoms with E-state index in [0.717, 1.165) is 18.9 Å². The van der Waals surface area contributed by atoms with Crippen LogP contribution in [0.15, 0.2) is 30.7 Å². The first-order chi connectivity index (χ1) is 12.1. The molecule has 1 aliphatic rings. The summed E-state index contributed by atoms with van der Waals surface area (Å²) in [4.78, 5) is 7.07. The molecule has 1 fully saturated rings. The van der Waals surface area contributed by atoms with Crippen LogP contribution in [0.1, 0.15) is 63.1 Å². The first-order valence-electron chi connectivity index (χ1n) is 9.55. The lowest BCUT2D eigenvalue weighted by molar-refractivity contribution is 0.425. The van der Waals surface area contributed by atoms with Gasteiger partial charge >= 0.3 is 0 Å². The van der Waals surface area contributed by atoms with E-state index in [1.54, 1.807) is 0 Å². The van der Waals surface area contributed by atoms with Crippen LogP contribution in [-0.2, 0) is 13.1 Å². The summed E-state index contributed by atoms with van der Waals surface area (Å²) in [6.07, 6.45) is 12.6. The number of anilines is 1. The van der Waals surface area contributed by atoms with Gasteiger partial charge in [-0.05, 0) is 32.8 Å². The molecule has 0 saturated heterocycles. The zero-order valence-corrected chi connectivity index (χ0v) is 15.8. The van der Waals surface area contributed by atoms with Gasteiger partial charge in [0.15, 0.2) is 0 Å². The monoisotopic (exact) mass is 341 g/mol. The molecule has 0 radical (unpaired) electrons. The Balaban J connectivity index is 1.60. The molecule has 0 aliphatic heterocycles. The minimum atomic E-state index is 0.405. The fourth-order valence-corrected chi connectivity index (χ4v) is 3.62. The Morgan fingerprint density at radius 3 is 2.76 bits per heavy atom. The van der Waals surface area contributed by atoms with Gasteiger partial charge in [-0.2, -0.15) is 5.10 Å². The minimum Gasteiger partial charge on any atom is -0.356 e. The third kappa shape index (κ3) is 4.60. The van der Waals surface area contributed by atoms with Crippen molar-refractivity contribution in [2.45, 2.75) is 71.1 Å². The molecule has 136 valence electrons. The average molecular weight is 342 g/mol. The number of hydrogen-bond acceptors (Lipinski definition) is 4. The van der Waals surface area contributed by atoms with Gasteiger partial charge in [-0.15, -0.1) is 0 Å². The fourth-order valence-electron chi connectivity index (χ4n) is 3.62. The van der Waals surface area contributed by atoms with Crippen LogP contribution in [0, 0.1) is 0 Å². The smallest absolute Gasteiger partial charge is 0.132 e. The minimum absolute atomic E-state index is 0.405. The van der Waals surface area contributed by atoms with Crippen molar-refractivity contribution in [1.82, 2.24) is 20.1 Å². The van der Waals surface area contributed by atoms with E-state index in [4.69, 9.17) is 0 Å². The van der Waals surface area contributed by atoms with Gasteiger partial charge in [-0.3, -0.25) is 4.68 Å². The third-order valence-electron chi connectivity index (χ3n) is 5.15. The number of pyridine rings is 1. The lowest BCUT2D eigenvalue weighted by Gasteiger charge is -2.33. The van der Waals surface area contributed by atoms with E-state index >= 15 is 0 Å². The molecule has 0 bridgehead atoms. The zero-order valence-electron chi connectivity index (χ0n) is 15.8. The molecular formula is C20H31N5. The molecule has 2 heterocycles. The zero-order chi connectivity index (χ0) is 17.6. The second kappa shape index (κ2) is 8.48. The molecule has 25 heavy (non-hydrogen) atoms. The van der Waals surface area contributed by atoms with Crippen molar-refractivity contribution in [3.8, 4) is 0 Å². The molecule has 0 aromatic carbocycles. The van der Waals surface area contributed by atoms with Crippen LogP contribution in [0.25, 0.3) is 0 Å². The van der Waals surface area contributed by atoms with E-state index < -0.39 is 0 Å². The maximum atomic E-state index is 4.68. The summed E-state index contributed by atoms with van der Waals surface area (Å²) in [7, 11) is 2.20. The molecule has 5 heteroatoms. The van der Waals surface area contributed by atoms with Crippen LogP contribution in [0.2, 0.25) is 0 Å². The van der Waals surface area contributed by atoms with Gasteiger partial charge in [0.25, 0.3) is 0 Å². The van der Waals surface area contributed by atoms with Crippen molar-refractivity contribution in [2.75, 3.05) is 11.9 Å². The average Bonchev–Trinajstić information content (AvgIpc) is 3.12. The highest BCUT2D eigenvalue weighted by molar-refractivity contribution is 5.47. The quantitative estimate of drug-likeness (QED) is 0.829. The second-order valence-corrected chi connectivity index (χ2v) is 7.41. The van der Waals surface area contributed by atoms with Crippen molar-refractivity contribution >= 4 is 5.82 Å². The largest absolute Gasteiger partial charge is 0.356 e. The van der Waals surface area contributed by atoms with Gasteiger partial charge in [-0.25, -0.2) is 4.98 Å². The van der Waals surface area contributed by atoms with E-state index in [2.05, 4.69) is 53.5 Å². The SMILES string of the molecule is CC(C)n1cc(CNCc2cccnc2N(C)C2CCCCC2)cn1. The molecule has 2 aromatic heterocycles. The predicted molar refractivity (Wildman–Crippen MR) is 103 cm³/mol. The topological polar surface area (TPSA) is 46.0 Å². The molecule has 2 aromatic rings. The molecule has 1 aliphatic carbocycles. The van der Waals surface area contributed by atoms with Crippen molar-refractivity contribution in [1.29, 1.82) is 0 Å². The summed E-state index contributed by atoms with van der Waals surface area (Å²) in [6.45, 7) is 5.95. The van der Waals surface area contributed by atoms with Crippen LogP contribution in [0.5, 0.6) is 0 Å². The molecule has 0 spiro atoms. The second-order valence-electron chi connectivity index (χ2n) is 7.41. The summed E-state index contributed by atoms with van der Waals surface area (Å²) < 4.78 is 2.00. The molecule has 0 atom stereocenters. The van der Waals surface area contributed by atoms with Crippen LogP contribution >= 0.6 is 0 Å².